The number of aromatic nitrogens is 1. The number of hydrazone groups is 1. The molecule has 120 heavy (non-hydrogen) atoms. The first-order valence-corrected chi connectivity index (χ1v) is 40.0. The third kappa shape index (κ3) is 21.9. The molecule has 1 aromatic heterocycles. The molecule has 3 amide bonds. The van der Waals surface area contributed by atoms with Gasteiger partial charge in [0, 0.05) is 163 Å². The van der Waals surface area contributed by atoms with E-state index in [1.165, 1.54) is 23.8 Å². The van der Waals surface area contributed by atoms with E-state index in [0.29, 0.717) is 122 Å². The summed E-state index contributed by atoms with van der Waals surface area (Å²) in [6.45, 7) is 27.2. The number of rotatable bonds is 19. The molecule has 1 saturated carbocycles. The standard InChI is InChI=1S/C31H37FN4O3.C29H29F5N4O2.C29H32F4N6O2/c1-20-17-24(18-21(2)22(20)3)31(37)33-27-19-23(5-7-28(27)36-13-11-35(4)12-14-36)26-6-8-29(34-30(26)32)39-25-9-15-38-16-10-25;1-17-11-22(29(32,33)34)21(15-35-17)28(39)36-25-12-19(5-6-26(25)38-9-7-37(2)8-10-38)20-13-27(24(31)14-23(20)30)40-16-18-3-4-18;1-19-15-23(29(31,32)33)27(36-35-19)28(40)34-25-17-21(4-6-26(25)39-9-7-37(2)8-10-39)22-16-20(3-5-24(22)30)18-38-11-13-41-14-12-38/h5-8,17-19,25H,9-16H2,1-4H3,(H,33,37);5-6,11-15,18,35H,1,3-4,7-10,16H2,2H3,(H,36,39);3-6,15-17,35H,1,7-14,18H2,2H3,(H,34,40). The Bertz CT molecular complexity index is 5090. The molecular weight excluding hydrogens is 1570 g/mol. The molecule has 8 aliphatic rings. The number of allylic oxidation sites excluding steroid dienone is 2. The van der Waals surface area contributed by atoms with Crippen LogP contribution in [-0.4, -0.2) is 212 Å². The van der Waals surface area contributed by atoms with Gasteiger partial charge in [-0.3, -0.25) is 24.7 Å². The first kappa shape index (κ1) is 86.7. The average molecular weight is 1670 g/mol. The van der Waals surface area contributed by atoms with Crippen molar-refractivity contribution >= 4 is 57.6 Å². The highest BCUT2D eigenvalue weighted by Gasteiger charge is 2.43. The van der Waals surface area contributed by atoms with Crippen molar-refractivity contribution in [2.75, 3.05) is 176 Å². The molecule has 0 atom stereocenters. The number of piperazine rings is 3. The Balaban J connectivity index is 0.000000156. The maximum atomic E-state index is 15.3. The molecule has 8 heterocycles. The van der Waals surface area contributed by atoms with Gasteiger partial charge >= 0.3 is 12.4 Å². The lowest BCUT2D eigenvalue weighted by Crippen LogP contribution is -2.45. The second-order valence-corrected chi connectivity index (χ2v) is 31.2. The molecule has 5 saturated heterocycles. The van der Waals surface area contributed by atoms with Gasteiger partial charge in [0.05, 0.1) is 83.9 Å². The number of pyridine rings is 1. The molecule has 6 aromatic carbocycles. The maximum absolute atomic E-state index is 15.3. The van der Waals surface area contributed by atoms with Gasteiger partial charge in [0.2, 0.25) is 11.8 Å². The molecule has 5 N–H and O–H groups in total. The number of nitrogens with one attached hydrogen (secondary N) is 5. The molecule has 0 radical (unpaired) electrons. The van der Waals surface area contributed by atoms with Crippen LogP contribution in [-0.2, 0) is 25.6 Å². The number of nitrogens with zero attached hydrogens (tertiary/aromatic N) is 9. The van der Waals surface area contributed by atoms with Gasteiger partial charge in [-0.05, 0) is 185 Å². The predicted octanol–water partition coefficient (Wildman–Crippen LogP) is 15.0. The second kappa shape index (κ2) is 38.1. The Kier molecular flexibility index (Phi) is 27.5. The summed E-state index contributed by atoms with van der Waals surface area (Å²) in [7, 11) is 6.09. The minimum absolute atomic E-state index is 0.00417. The van der Waals surface area contributed by atoms with Crippen molar-refractivity contribution in [2.24, 2.45) is 11.0 Å². The van der Waals surface area contributed by atoms with Gasteiger partial charge in [-0.2, -0.15) is 40.8 Å². The number of ether oxygens (including phenoxy) is 4. The second-order valence-electron chi connectivity index (χ2n) is 31.2. The number of aryl methyl sites for hydroxylation is 2. The van der Waals surface area contributed by atoms with Crippen molar-refractivity contribution < 1.29 is 77.2 Å². The summed E-state index contributed by atoms with van der Waals surface area (Å²) in [6, 6.07) is 29.8. The fourth-order valence-corrected chi connectivity index (χ4v) is 14.8. The highest BCUT2D eigenvalue weighted by atomic mass is 19.4. The quantitative estimate of drug-likeness (QED) is 0.0378. The van der Waals surface area contributed by atoms with Crippen LogP contribution >= 0.6 is 0 Å². The SMILES string of the molecule is C=C1C=C(C(F)(F)F)C(C(=O)Nc2cc(-c3cc(CN4CCOCC4)ccc3F)ccc2N2CCN(C)CC2)=NN1.C=C1C=C(C(F)(F)F)C(C(=O)Nc2cc(-c3cc(OCC4CC4)c(F)cc3F)ccc2N2CCN(C)CC2)=CN1.Cc1cc(C(=O)Nc2cc(-c3ccc(OC4CCOCC4)nc3F)ccc2N2CCN(C)CC2)cc(C)c1C. The molecule has 21 nitrogen and oxygen atoms in total. The molecule has 7 aliphatic heterocycles. The lowest BCUT2D eigenvalue weighted by molar-refractivity contribution is -0.115. The van der Waals surface area contributed by atoms with Crippen molar-refractivity contribution in [1.29, 1.82) is 0 Å². The molecule has 0 unspecified atom stereocenters. The monoisotopic (exact) mass is 1660 g/mol. The molecule has 1 aliphatic carbocycles. The van der Waals surface area contributed by atoms with E-state index in [1.54, 1.807) is 54.6 Å². The maximum Gasteiger partial charge on any atom is 0.418 e. The topological polar surface area (TPSA) is 196 Å². The highest BCUT2D eigenvalue weighted by Crippen LogP contribution is 2.42. The number of amides is 3. The minimum Gasteiger partial charge on any atom is -0.490 e. The fraction of sp³-hybridized carbons (Fsp3) is 0.382. The number of carbonyl (C=O) groups excluding carboxylic acids is 3. The Hall–Kier alpha value is -11.1. The van der Waals surface area contributed by atoms with Crippen molar-refractivity contribution in [3.05, 3.63) is 220 Å². The van der Waals surface area contributed by atoms with Crippen LogP contribution in [0.1, 0.15) is 58.3 Å². The molecule has 6 fully saturated rings. The van der Waals surface area contributed by atoms with Gasteiger partial charge in [0.15, 0.2) is 17.3 Å². The van der Waals surface area contributed by atoms with Crippen LogP contribution in [0.5, 0.6) is 11.6 Å². The first-order chi connectivity index (χ1) is 57.3. The fourth-order valence-electron chi connectivity index (χ4n) is 14.8. The zero-order valence-electron chi connectivity index (χ0n) is 67.8. The lowest BCUT2D eigenvalue weighted by Gasteiger charge is -2.35. The number of halogens is 10. The molecular formula is C89H98F10N14O7. The van der Waals surface area contributed by atoms with Gasteiger partial charge in [-0.25, -0.2) is 13.2 Å². The number of benzene rings is 6. The number of likely N-dealkylation sites (N-methyl/N-ethyl adjacent to an activating group) is 3. The Morgan fingerprint density at radius 3 is 1.55 bits per heavy atom. The van der Waals surface area contributed by atoms with Crippen LogP contribution < -0.4 is 50.9 Å². The number of hydrogen-bond acceptors (Lipinski definition) is 18. The molecule has 7 aromatic rings. The van der Waals surface area contributed by atoms with E-state index in [2.05, 4.69) is 88.4 Å². The molecule has 0 spiro atoms. The third-order valence-electron chi connectivity index (χ3n) is 22.4. The van der Waals surface area contributed by atoms with Crippen molar-refractivity contribution in [2.45, 2.75) is 71.5 Å². The summed E-state index contributed by atoms with van der Waals surface area (Å²) >= 11 is 0. The Labute approximate surface area is 691 Å². The van der Waals surface area contributed by atoms with Crippen LogP contribution in [0.4, 0.5) is 78.0 Å². The van der Waals surface area contributed by atoms with Crippen LogP contribution in [0.2, 0.25) is 0 Å². The number of dihydropyridines is 1. The summed E-state index contributed by atoms with van der Waals surface area (Å²) in [5, 5.41) is 14.6. The van der Waals surface area contributed by atoms with Gasteiger partial charge in [0.1, 0.15) is 17.7 Å². The molecule has 636 valence electrons. The molecule has 15 rings (SSSR count). The van der Waals surface area contributed by atoms with E-state index in [1.807, 2.05) is 68.1 Å². The van der Waals surface area contributed by atoms with Gasteiger partial charge in [-0.15, -0.1) is 0 Å². The van der Waals surface area contributed by atoms with Crippen molar-refractivity contribution in [1.82, 2.24) is 35.3 Å². The smallest absolute Gasteiger partial charge is 0.418 e. The average Bonchev–Trinajstić information content (AvgIpc) is 0.841. The lowest BCUT2D eigenvalue weighted by atomic mass is 10.00. The van der Waals surface area contributed by atoms with Crippen molar-refractivity contribution in [3.8, 4) is 45.0 Å². The predicted molar refractivity (Wildman–Crippen MR) is 445 cm³/mol. The van der Waals surface area contributed by atoms with Gasteiger partial charge in [0.25, 0.3) is 17.7 Å². The van der Waals surface area contributed by atoms with E-state index in [-0.39, 0.29) is 52.0 Å². The molecule has 0 bridgehead atoms. The zero-order chi connectivity index (χ0) is 85.3. The third-order valence-corrected chi connectivity index (χ3v) is 22.4. The summed E-state index contributed by atoms with van der Waals surface area (Å²) in [4.78, 5) is 59.1. The molecule has 31 heteroatoms. The minimum atomic E-state index is -4.81. The Morgan fingerprint density at radius 1 is 0.525 bits per heavy atom. The van der Waals surface area contributed by atoms with Crippen LogP contribution in [0.25, 0.3) is 33.4 Å². The summed E-state index contributed by atoms with van der Waals surface area (Å²) in [5.41, 5.74) is 8.77. The van der Waals surface area contributed by atoms with Crippen LogP contribution in [0.3, 0.4) is 0 Å². The van der Waals surface area contributed by atoms with Crippen molar-refractivity contribution in [3.63, 3.8) is 0 Å². The van der Waals surface area contributed by atoms with Gasteiger partial charge < -0.3 is 69.6 Å². The Morgan fingerprint density at radius 2 is 1.02 bits per heavy atom. The van der Waals surface area contributed by atoms with E-state index in [9.17, 15) is 49.5 Å². The van der Waals surface area contributed by atoms with E-state index in [4.69, 9.17) is 18.9 Å². The summed E-state index contributed by atoms with van der Waals surface area (Å²) in [6.07, 6.45) is -3.62. The van der Waals surface area contributed by atoms with E-state index in [0.717, 1.165) is 138 Å². The van der Waals surface area contributed by atoms with E-state index < -0.39 is 70.0 Å². The number of hydrogen-bond donors (Lipinski definition) is 5. The largest absolute Gasteiger partial charge is 0.490 e. The number of carbonyl (C=O) groups is 3. The summed E-state index contributed by atoms with van der Waals surface area (Å²) in [5.74, 6) is -4.38. The number of anilines is 6. The van der Waals surface area contributed by atoms with Gasteiger partial charge in [-0.1, -0.05) is 37.4 Å². The first-order valence-electron chi connectivity index (χ1n) is 40.0. The van der Waals surface area contributed by atoms with Crippen LogP contribution in [0.15, 0.2) is 174 Å². The normalized spacial score (nSPS) is 18.0. The summed E-state index contributed by atoms with van der Waals surface area (Å²) < 4.78 is 164. The number of alkyl halides is 6. The van der Waals surface area contributed by atoms with Crippen LogP contribution in [0, 0.1) is 50.1 Å². The van der Waals surface area contributed by atoms with E-state index >= 15 is 8.78 Å². The zero-order valence-corrected chi connectivity index (χ0v) is 67.8. The number of morpholine rings is 1. The highest BCUT2D eigenvalue weighted by molar-refractivity contribution is 6.49.